The van der Waals surface area contributed by atoms with E-state index in [4.69, 9.17) is 12.2 Å². The molecule has 0 radical (unpaired) electrons. The van der Waals surface area contributed by atoms with Crippen LogP contribution in [-0.4, -0.2) is 43.2 Å². The van der Waals surface area contributed by atoms with Gasteiger partial charge in [0, 0.05) is 49.6 Å². The number of carbonyl (C=O) groups excluding carboxylic acids is 1. The molecule has 2 aromatic rings. The molecule has 2 aromatic heterocycles. The Morgan fingerprint density at radius 1 is 1.20 bits per heavy atom. The fourth-order valence-corrected chi connectivity index (χ4v) is 5.39. The molecule has 0 aromatic carbocycles. The van der Waals surface area contributed by atoms with E-state index in [-0.39, 0.29) is 11.8 Å². The molecule has 2 aliphatic rings. The molecule has 1 saturated carbocycles. The molecule has 6 nitrogen and oxygen atoms in total. The van der Waals surface area contributed by atoms with E-state index in [0.29, 0.717) is 17.4 Å². The van der Waals surface area contributed by atoms with Gasteiger partial charge in [0.2, 0.25) is 5.91 Å². The van der Waals surface area contributed by atoms with Gasteiger partial charge in [-0.2, -0.15) is 5.10 Å². The molecule has 1 saturated heterocycles. The van der Waals surface area contributed by atoms with E-state index in [1.54, 1.807) is 6.08 Å². The first-order valence-electron chi connectivity index (χ1n) is 11.2. The van der Waals surface area contributed by atoms with Gasteiger partial charge in [-0.1, -0.05) is 19.3 Å². The molecule has 3 heterocycles. The Morgan fingerprint density at radius 3 is 2.67 bits per heavy atom. The molecule has 1 unspecified atom stereocenters. The molecule has 30 heavy (non-hydrogen) atoms. The standard InChI is InChI=1S/C23H33N5OS/c1-16-14-18(17(2)28(16)20-9-5-4-6-10-20)11-12-21(29)27-13-7-8-19(15-27)22-24-25-23(30)26(22)3/h11-12,14,19-20H,4-10,13,15H2,1-3H3,(H,25,30)/b12-11+. The van der Waals surface area contributed by atoms with E-state index in [1.807, 2.05) is 22.6 Å². The van der Waals surface area contributed by atoms with Crippen molar-refractivity contribution in [2.75, 3.05) is 13.1 Å². The van der Waals surface area contributed by atoms with Gasteiger partial charge in [0.25, 0.3) is 0 Å². The predicted molar refractivity (Wildman–Crippen MR) is 122 cm³/mol. The molecular weight excluding hydrogens is 394 g/mol. The first-order chi connectivity index (χ1) is 14.5. The second-order valence-corrected chi connectivity index (χ2v) is 9.28. The Bertz CT molecular complexity index is 992. The summed E-state index contributed by atoms with van der Waals surface area (Å²) in [4.78, 5) is 14.9. The number of carbonyl (C=O) groups is 1. The van der Waals surface area contributed by atoms with Crippen LogP contribution in [0.5, 0.6) is 0 Å². The normalized spacial score (nSPS) is 20.9. The monoisotopic (exact) mass is 427 g/mol. The number of H-pyrrole nitrogens is 1. The van der Waals surface area contributed by atoms with Crippen molar-refractivity contribution in [3.05, 3.63) is 39.7 Å². The van der Waals surface area contributed by atoms with Gasteiger partial charge < -0.3 is 14.0 Å². The van der Waals surface area contributed by atoms with Crippen LogP contribution in [0.1, 0.15) is 79.7 Å². The molecule has 162 valence electrons. The summed E-state index contributed by atoms with van der Waals surface area (Å²) >= 11 is 5.24. The predicted octanol–water partition coefficient (Wildman–Crippen LogP) is 4.82. The van der Waals surface area contributed by atoms with Crippen molar-refractivity contribution in [1.82, 2.24) is 24.2 Å². The van der Waals surface area contributed by atoms with Crippen LogP contribution in [0.2, 0.25) is 0 Å². The summed E-state index contributed by atoms with van der Waals surface area (Å²) < 4.78 is 5.04. The second-order valence-electron chi connectivity index (χ2n) is 8.89. The summed E-state index contributed by atoms with van der Waals surface area (Å²) in [5.41, 5.74) is 3.74. The van der Waals surface area contributed by atoms with E-state index in [1.165, 1.54) is 43.5 Å². The summed E-state index contributed by atoms with van der Waals surface area (Å²) in [6.45, 7) is 5.87. The van der Waals surface area contributed by atoms with Crippen LogP contribution in [0.15, 0.2) is 12.1 Å². The summed E-state index contributed by atoms with van der Waals surface area (Å²) in [5, 5.41) is 7.24. The van der Waals surface area contributed by atoms with Gasteiger partial charge in [0.05, 0.1) is 0 Å². The molecule has 1 aliphatic heterocycles. The zero-order valence-electron chi connectivity index (χ0n) is 18.4. The van der Waals surface area contributed by atoms with Crippen LogP contribution in [-0.2, 0) is 11.8 Å². The molecular formula is C23H33N5OS. The Morgan fingerprint density at radius 2 is 1.97 bits per heavy atom. The number of aromatic amines is 1. The van der Waals surface area contributed by atoms with Crippen LogP contribution in [0, 0.1) is 18.6 Å². The molecule has 1 amide bonds. The maximum absolute atomic E-state index is 12.9. The highest BCUT2D eigenvalue weighted by molar-refractivity contribution is 7.71. The zero-order valence-corrected chi connectivity index (χ0v) is 19.2. The lowest BCUT2D eigenvalue weighted by atomic mass is 9.95. The fraction of sp³-hybridized carbons (Fsp3) is 0.609. The minimum absolute atomic E-state index is 0.0824. The van der Waals surface area contributed by atoms with Gasteiger partial charge in [0.1, 0.15) is 5.82 Å². The van der Waals surface area contributed by atoms with Gasteiger partial charge in [0.15, 0.2) is 4.77 Å². The number of likely N-dealkylation sites (tertiary alicyclic amines) is 1. The van der Waals surface area contributed by atoms with Gasteiger partial charge in [-0.05, 0) is 69.5 Å². The van der Waals surface area contributed by atoms with Crippen molar-refractivity contribution in [3.8, 4) is 0 Å². The Labute approximate surface area is 184 Å². The largest absolute Gasteiger partial charge is 0.346 e. The molecule has 1 atom stereocenters. The first kappa shape index (κ1) is 21.1. The Balaban J connectivity index is 1.46. The highest BCUT2D eigenvalue weighted by Crippen LogP contribution is 2.32. The van der Waals surface area contributed by atoms with Gasteiger partial charge >= 0.3 is 0 Å². The van der Waals surface area contributed by atoms with Crippen LogP contribution in [0.4, 0.5) is 0 Å². The highest BCUT2D eigenvalue weighted by Gasteiger charge is 2.27. The van der Waals surface area contributed by atoms with Gasteiger partial charge in [-0.3, -0.25) is 9.89 Å². The van der Waals surface area contributed by atoms with Crippen molar-refractivity contribution in [2.45, 2.75) is 70.8 Å². The minimum atomic E-state index is 0.0824. The lowest BCUT2D eigenvalue weighted by Gasteiger charge is -2.31. The number of nitrogens with one attached hydrogen (secondary N) is 1. The maximum atomic E-state index is 12.9. The van der Waals surface area contributed by atoms with Gasteiger partial charge in [-0.15, -0.1) is 0 Å². The van der Waals surface area contributed by atoms with Crippen LogP contribution >= 0.6 is 12.2 Å². The number of amides is 1. The van der Waals surface area contributed by atoms with Crippen molar-refractivity contribution in [3.63, 3.8) is 0 Å². The molecule has 1 aliphatic carbocycles. The number of hydrogen-bond acceptors (Lipinski definition) is 3. The quantitative estimate of drug-likeness (QED) is 0.562. The molecule has 0 bridgehead atoms. The molecule has 1 N–H and O–H groups in total. The van der Waals surface area contributed by atoms with Crippen LogP contribution in [0.3, 0.4) is 0 Å². The average molecular weight is 428 g/mol. The Hall–Kier alpha value is -2.15. The van der Waals surface area contributed by atoms with Crippen LogP contribution < -0.4 is 0 Å². The molecule has 4 rings (SSSR count). The number of piperidine rings is 1. The van der Waals surface area contributed by atoms with Gasteiger partial charge in [-0.25, -0.2) is 0 Å². The fourth-order valence-electron chi connectivity index (χ4n) is 5.25. The summed E-state index contributed by atoms with van der Waals surface area (Å²) in [6, 6.07) is 2.84. The van der Waals surface area contributed by atoms with E-state index in [9.17, 15) is 4.79 Å². The first-order valence-corrected chi connectivity index (χ1v) is 11.6. The topological polar surface area (TPSA) is 58.9 Å². The van der Waals surface area contributed by atoms with E-state index < -0.39 is 0 Å². The minimum Gasteiger partial charge on any atom is -0.346 e. The third-order valence-corrected chi connectivity index (χ3v) is 7.25. The summed E-state index contributed by atoms with van der Waals surface area (Å²) in [7, 11) is 1.93. The highest BCUT2D eigenvalue weighted by atomic mass is 32.1. The third kappa shape index (κ3) is 4.17. The number of aryl methyl sites for hydroxylation is 1. The van der Waals surface area contributed by atoms with Crippen LogP contribution in [0.25, 0.3) is 6.08 Å². The summed E-state index contributed by atoms with van der Waals surface area (Å²) in [5.74, 6) is 1.25. The average Bonchev–Trinajstić information content (AvgIpc) is 3.24. The maximum Gasteiger partial charge on any atom is 0.246 e. The van der Waals surface area contributed by atoms with E-state index >= 15 is 0 Å². The second kappa shape index (κ2) is 8.92. The van der Waals surface area contributed by atoms with Crippen molar-refractivity contribution >= 4 is 24.2 Å². The molecule has 2 fully saturated rings. The zero-order chi connectivity index (χ0) is 21.3. The van der Waals surface area contributed by atoms with E-state index in [2.05, 4.69) is 34.7 Å². The third-order valence-electron chi connectivity index (χ3n) is 6.88. The van der Waals surface area contributed by atoms with E-state index in [0.717, 1.165) is 30.8 Å². The SMILES string of the molecule is Cc1cc(/C=C/C(=O)N2CCCC(c3n[nH]c(=S)n3C)C2)c(C)n1C1CCCCC1. The summed E-state index contributed by atoms with van der Waals surface area (Å²) in [6.07, 6.45) is 12.3. The molecule has 0 spiro atoms. The lowest BCUT2D eigenvalue weighted by molar-refractivity contribution is -0.127. The Kier molecular flexibility index (Phi) is 6.27. The van der Waals surface area contributed by atoms with Crippen molar-refractivity contribution < 1.29 is 4.79 Å². The van der Waals surface area contributed by atoms with Crippen molar-refractivity contribution in [2.24, 2.45) is 7.05 Å². The smallest absolute Gasteiger partial charge is 0.246 e. The molecule has 7 heteroatoms. The number of nitrogens with zero attached hydrogens (tertiary/aromatic N) is 4. The lowest BCUT2D eigenvalue weighted by Crippen LogP contribution is -2.38. The number of hydrogen-bond donors (Lipinski definition) is 1. The number of rotatable bonds is 4. The van der Waals surface area contributed by atoms with Crippen molar-refractivity contribution in [1.29, 1.82) is 0 Å². The number of aromatic nitrogens is 4.